The lowest BCUT2D eigenvalue weighted by Gasteiger charge is -2.46. The van der Waals surface area contributed by atoms with E-state index in [9.17, 15) is 24.0 Å². The molecular weight excluding hydrogens is 514 g/mol. The second kappa shape index (κ2) is 10.8. The number of fused-ring (bicyclic) bond motifs is 1. The van der Waals surface area contributed by atoms with Crippen LogP contribution in [0.4, 0.5) is 10.5 Å². The lowest BCUT2D eigenvalue weighted by atomic mass is 9.71. The fourth-order valence-corrected chi connectivity index (χ4v) is 6.25. The van der Waals surface area contributed by atoms with Crippen molar-refractivity contribution in [1.82, 2.24) is 20.0 Å². The number of carbonyl (C=O) groups excluding carboxylic acids is 5. The Bertz CT molecular complexity index is 1210. The summed E-state index contributed by atoms with van der Waals surface area (Å²) in [4.78, 5) is 67.9. The summed E-state index contributed by atoms with van der Waals surface area (Å²) in [7, 11) is 0. The van der Waals surface area contributed by atoms with Crippen LogP contribution in [-0.4, -0.2) is 95.3 Å². The van der Waals surface area contributed by atoms with Crippen LogP contribution < -0.4 is 10.6 Å². The molecule has 4 heterocycles. The summed E-state index contributed by atoms with van der Waals surface area (Å²) in [6.07, 6.45) is 4.16. The summed E-state index contributed by atoms with van der Waals surface area (Å²) >= 11 is 0. The molecule has 0 aromatic heterocycles. The average molecular weight is 554 g/mol. The van der Waals surface area contributed by atoms with Gasteiger partial charge in [0.25, 0.3) is 11.8 Å². The van der Waals surface area contributed by atoms with E-state index in [1.165, 1.54) is 0 Å². The minimum absolute atomic E-state index is 0.0913. The first-order valence-corrected chi connectivity index (χ1v) is 14.3. The van der Waals surface area contributed by atoms with E-state index in [-0.39, 0.29) is 35.5 Å². The minimum atomic E-state index is -0.977. The normalized spacial score (nSPS) is 23.3. The summed E-state index contributed by atoms with van der Waals surface area (Å²) in [5.74, 6) is -2.01. The van der Waals surface area contributed by atoms with Gasteiger partial charge in [0.1, 0.15) is 11.6 Å². The van der Waals surface area contributed by atoms with Crippen LogP contribution in [0.5, 0.6) is 0 Å². The number of likely N-dealkylation sites (tertiary alicyclic amines) is 2. The molecular formula is C29H39N5O6. The van der Waals surface area contributed by atoms with Crippen LogP contribution in [0.2, 0.25) is 0 Å². The topological polar surface area (TPSA) is 128 Å². The third-order valence-corrected chi connectivity index (χ3v) is 8.60. The highest BCUT2D eigenvalue weighted by Crippen LogP contribution is 2.41. The van der Waals surface area contributed by atoms with Crippen LogP contribution in [0, 0.1) is 5.41 Å². The number of hydrogen-bond acceptors (Lipinski definition) is 8. The van der Waals surface area contributed by atoms with Crippen molar-refractivity contribution < 1.29 is 28.7 Å². The maximum Gasteiger partial charge on any atom is 0.410 e. The molecule has 0 bridgehead atoms. The van der Waals surface area contributed by atoms with Crippen molar-refractivity contribution in [1.29, 1.82) is 0 Å². The Balaban J connectivity index is 1.12. The van der Waals surface area contributed by atoms with E-state index in [1.807, 2.05) is 25.7 Å². The molecule has 3 saturated heterocycles. The summed E-state index contributed by atoms with van der Waals surface area (Å²) in [5, 5.41) is 5.57. The Labute approximate surface area is 234 Å². The maximum atomic E-state index is 13.3. The number of nitrogens with zero attached hydrogens (tertiary/aromatic N) is 3. The molecule has 11 nitrogen and oxygen atoms in total. The third-order valence-electron chi connectivity index (χ3n) is 8.60. The van der Waals surface area contributed by atoms with Gasteiger partial charge >= 0.3 is 6.09 Å². The van der Waals surface area contributed by atoms with E-state index >= 15 is 0 Å². The summed E-state index contributed by atoms with van der Waals surface area (Å²) < 4.78 is 5.54. The Morgan fingerprint density at radius 2 is 1.70 bits per heavy atom. The second-order valence-corrected chi connectivity index (χ2v) is 12.4. The quantitative estimate of drug-likeness (QED) is 0.533. The molecule has 5 rings (SSSR count). The zero-order valence-corrected chi connectivity index (χ0v) is 23.6. The first-order chi connectivity index (χ1) is 19.0. The summed E-state index contributed by atoms with van der Waals surface area (Å²) in [6, 6.07) is 4.13. The predicted molar refractivity (Wildman–Crippen MR) is 147 cm³/mol. The SMILES string of the molecule is CC(C)(C)OC(=O)N1CCC2(CCN(CCNc3cccc4c3C(=O)N(C3CCC(=O)NC3=O)C4=O)CC2)CC1. The van der Waals surface area contributed by atoms with Gasteiger partial charge in [0.15, 0.2) is 0 Å². The fraction of sp³-hybridized carbons (Fsp3) is 0.621. The average Bonchev–Trinajstić information content (AvgIpc) is 3.15. The van der Waals surface area contributed by atoms with E-state index in [0.717, 1.165) is 63.3 Å². The Morgan fingerprint density at radius 1 is 1.02 bits per heavy atom. The van der Waals surface area contributed by atoms with Crippen LogP contribution in [0.1, 0.15) is 80.0 Å². The van der Waals surface area contributed by atoms with Crippen molar-refractivity contribution in [3.8, 4) is 0 Å². The number of ether oxygens (including phenoxy) is 1. The predicted octanol–water partition coefficient (Wildman–Crippen LogP) is 2.61. The van der Waals surface area contributed by atoms with Crippen LogP contribution in [0.25, 0.3) is 0 Å². The highest BCUT2D eigenvalue weighted by molar-refractivity contribution is 6.25. The summed E-state index contributed by atoms with van der Waals surface area (Å²) in [5.41, 5.74) is 0.924. The van der Waals surface area contributed by atoms with E-state index in [2.05, 4.69) is 15.5 Å². The first kappa shape index (κ1) is 28.1. The Hall–Kier alpha value is -3.47. The van der Waals surface area contributed by atoms with Crippen molar-refractivity contribution in [2.45, 2.75) is 70.9 Å². The number of carbonyl (C=O) groups is 5. The molecule has 1 unspecified atom stereocenters. The standard InChI is InChI=1S/C29H39N5O6/c1-28(2,3)40-27(39)33-16-11-29(12-17-33)9-14-32(15-10-29)18-13-30-20-6-4-5-19-23(20)26(38)34(25(19)37)21-7-8-22(35)31-24(21)36/h4-6,21,30H,7-18H2,1-3H3,(H,31,35,36). The third kappa shape index (κ3) is 5.70. The van der Waals surface area contributed by atoms with Crippen LogP contribution >= 0.6 is 0 Å². The number of rotatable bonds is 5. The molecule has 4 aliphatic heterocycles. The van der Waals surface area contributed by atoms with Gasteiger partial charge in [-0.15, -0.1) is 0 Å². The van der Waals surface area contributed by atoms with E-state index < -0.39 is 35.3 Å². The van der Waals surface area contributed by atoms with Gasteiger partial charge in [-0.3, -0.25) is 29.4 Å². The van der Waals surface area contributed by atoms with Gasteiger partial charge in [0.05, 0.1) is 11.1 Å². The van der Waals surface area contributed by atoms with Crippen molar-refractivity contribution in [2.24, 2.45) is 5.41 Å². The van der Waals surface area contributed by atoms with Gasteiger partial charge in [0.2, 0.25) is 11.8 Å². The lowest BCUT2D eigenvalue weighted by Crippen LogP contribution is -2.54. The van der Waals surface area contributed by atoms with Crippen molar-refractivity contribution in [3.63, 3.8) is 0 Å². The molecule has 1 aromatic carbocycles. The van der Waals surface area contributed by atoms with E-state index in [0.29, 0.717) is 12.2 Å². The molecule has 1 spiro atoms. The van der Waals surface area contributed by atoms with Crippen LogP contribution in [-0.2, 0) is 14.3 Å². The largest absolute Gasteiger partial charge is 0.444 e. The minimum Gasteiger partial charge on any atom is -0.444 e. The van der Waals surface area contributed by atoms with Gasteiger partial charge in [-0.1, -0.05) is 6.07 Å². The van der Waals surface area contributed by atoms with Crippen molar-refractivity contribution in [3.05, 3.63) is 29.3 Å². The van der Waals surface area contributed by atoms with Crippen molar-refractivity contribution >= 4 is 35.4 Å². The molecule has 3 fully saturated rings. The van der Waals surface area contributed by atoms with Gasteiger partial charge < -0.3 is 19.9 Å². The number of amides is 5. The number of nitrogens with one attached hydrogen (secondary N) is 2. The number of imide groups is 2. The molecule has 2 N–H and O–H groups in total. The molecule has 216 valence electrons. The number of benzene rings is 1. The molecule has 1 atom stereocenters. The highest BCUT2D eigenvalue weighted by atomic mass is 16.6. The van der Waals surface area contributed by atoms with Gasteiger partial charge in [-0.2, -0.15) is 0 Å². The lowest BCUT2D eigenvalue weighted by molar-refractivity contribution is -0.136. The molecule has 40 heavy (non-hydrogen) atoms. The van der Waals surface area contributed by atoms with Gasteiger partial charge in [-0.25, -0.2) is 4.79 Å². The number of hydrogen-bond donors (Lipinski definition) is 2. The zero-order valence-electron chi connectivity index (χ0n) is 23.6. The number of anilines is 1. The monoisotopic (exact) mass is 553 g/mol. The molecule has 0 aliphatic carbocycles. The second-order valence-electron chi connectivity index (χ2n) is 12.4. The molecule has 0 radical (unpaired) electrons. The van der Waals surface area contributed by atoms with Gasteiger partial charge in [0, 0.05) is 38.3 Å². The molecule has 4 aliphatic rings. The zero-order chi connectivity index (χ0) is 28.7. The molecule has 5 amide bonds. The molecule has 1 aromatic rings. The smallest absolute Gasteiger partial charge is 0.410 e. The number of piperidine rings is 3. The Morgan fingerprint density at radius 3 is 2.35 bits per heavy atom. The molecule has 0 saturated carbocycles. The van der Waals surface area contributed by atoms with Crippen LogP contribution in [0.15, 0.2) is 18.2 Å². The Kier molecular flexibility index (Phi) is 7.60. The first-order valence-electron chi connectivity index (χ1n) is 14.3. The fourth-order valence-electron chi connectivity index (χ4n) is 6.25. The van der Waals surface area contributed by atoms with E-state index in [4.69, 9.17) is 4.74 Å². The highest BCUT2D eigenvalue weighted by Gasteiger charge is 2.45. The molecule has 11 heteroatoms. The van der Waals surface area contributed by atoms with Gasteiger partial charge in [-0.05, 0) is 83.5 Å². The van der Waals surface area contributed by atoms with Crippen LogP contribution in [0.3, 0.4) is 0 Å². The van der Waals surface area contributed by atoms with Crippen molar-refractivity contribution in [2.75, 3.05) is 44.6 Å². The maximum absolute atomic E-state index is 13.3. The summed E-state index contributed by atoms with van der Waals surface area (Å²) in [6.45, 7) is 10.5. The van der Waals surface area contributed by atoms with E-state index in [1.54, 1.807) is 18.2 Å².